The molecular formula is C16H33N3. The normalized spacial score (nSPS) is 23.7. The molecule has 1 saturated heterocycles. The van der Waals surface area contributed by atoms with E-state index >= 15 is 0 Å². The molecule has 1 aliphatic heterocycles. The van der Waals surface area contributed by atoms with Crippen molar-refractivity contribution in [2.45, 2.75) is 57.9 Å². The molecule has 0 aromatic carbocycles. The molecule has 0 aromatic rings. The maximum absolute atomic E-state index is 3.71. The van der Waals surface area contributed by atoms with Crippen molar-refractivity contribution in [3.8, 4) is 0 Å². The van der Waals surface area contributed by atoms with Gasteiger partial charge in [0.2, 0.25) is 0 Å². The first-order valence-corrected chi connectivity index (χ1v) is 8.35. The summed E-state index contributed by atoms with van der Waals surface area (Å²) in [5, 5.41) is 7.15. The third kappa shape index (κ3) is 5.05. The highest BCUT2D eigenvalue weighted by molar-refractivity contribution is 4.85. The fraction of sp³-hybridized carbons (Fsp3) is 1.00. The zero-order chi connectivity index (χ0) is 13.6. The van der Waals surface area contributed by atoms with Crippen LogP contribution in [-0.4, -0.2) is 49.7 Å². The van der Waals surface area contributed by atoms with Gasteiger partial charge in [-0.05, 0) is 52.1 Å². The standard InChI is InChI=1S/C16H33N3/c1-16(2,19-12-10-17-11-13-19)8-9-18-14-15-6-4-3-5-7-15/h15,17-18H,3-14H2,1-2H3. The van der Waals surface area contributed by atoms with E-state index in [0.717, 1.165) is 19.0 Å². The molecule has 0 aromatic heterocycles. The van der Waals surface area contributed by atoms with Gasteiger partial charge in [0.15, 0.2) is 0 Å². The van der Waals surface area contributed by atoms with E-state index in [9.17, 15) is 0 Å². The molecule has 0 spiro atoms. The highest BCUT2D eigenvalue weighted by atomic mass is 15.2. The lowest BCUT2D eigenvalue weighted by atomic mass is 9.89. The van der Waals surface area contributed by atoms with E-state index in [1.165, 1.54) is 64.7 Å². The molecule has 1 heterocycles. The Labute approximate surface area is 119 Å². The van der Waals surface area contributed by atoms with Crippen LogP contribution < -0.4 is 10.6 Å². The summed E-state index contributed by atoms with van der Waals surface area (Å²) >= 11 is 0. The monoisotopic (exact) mass is 267 g/mol. The average molecular weight is 267 g/mol. The van der Waals surface area contributed by atoms with Crippen molar-refractivity contribution in [1.82, 2.24) is 15.5 Å². The van der Waals surface area contributed by atoms with Gasteiger partial charge in [-0.1, -0.05) is 19.3 Å². The molecule has 2 N–H and O–H groups in total. The summed E-state index contributed by atoms with van der Waals surface area (Å²) in [6.45, 7) is 11.9. The predicted octanol–water partition coefficient (Wildman–Crippen LogP) is 2.23. The van der Waals surface area contributed by atoms with Crippen LogP contribution in [0.4, 0.5) is 0 Å². The molecule has 2 rings (SSSR count). The lowest BCUT2D eigenvalue weighted by Crippen LogP contribution is -2.54. The quantitative estimate of drug-likeness (QED) is 0.723. The Balaban J connectivity index is 1.60. The Bertz CT molecular complexity index is 240. The summed E-state index contributed by atoms with van der Waals surface area (Å²) in [5.41, 5.74) is 0.349. The van der Waals surface area contributed by atoms with E-state index < -0.39 is 0 Å². The van der Waals surface area contributed by atoms with Crippen molar-refractivity contribution in [3.05, 3.63) is 0 Å². The molecule has 0 amide bonds. The fourth-order valence-corrected chi connectivity index (χ4v) is 3.52. The summed E-state index contributed by atoms with van der Waals surface area (Å²) in [5.74, 6) is 0.955. The molecule has 0 unspecified atom stereocenters. The van der Waals surface area contributed by atoms with Gasteiger partial charge in [0.1, 0.15) is 0 Å². The Morgan fingerprint density at radius 1 is 1.11 bits per heavy atom. The minimum atomic E-state index is 0.349. The summed E-state index contributed by atoms with van der Waals surface area (Å²) in [6.07, 6.45) is 8.55. The maximum Gasteiger partial charge on any atom is 0.0166 e. The maximum atomic E-state index is 3.71. The first-order chi connectivity index (χ1) is 9.18. The van der Waals surface area contributed by atoms with Gasteiger partial charge in [-0.25, -0.2) is 0 Å². The van der Waals surface area contributed by atoms with E-state index in [4.69, 9.17) is 0 Å². The first kappa shape index (κ1) is 15.3. The van der Waals surface area contributed by atoms with Gasteiger partial charge in [-0.3, -0.25) is 4.90 Å². The predicted molar refractivity (Wildman–Crippen MR) is 82.6 cm³/mol. The van der Waals surface area contributed by atoms with Crippen molar-refractivity contribution in [2.24, 2.45) is 5.92 Å². The minimum absolute atomic E-state index is 0.349. The number of piperazine rings is 1. The Morgan fingerprint density at radius 3 is 2.47 bits per heavy atom. The molecule has 2 fully saturated rings. The number of nitrogens with zero attached hydrogens (tertiary/aromatic N) is 1. The molecule has 2 aliphatic rings. The van der Waals surface area contributed by atoms with Gasteiger partial charge < -0.3 is 10.6 Å². The minimum Gasteiger partial charge on any atom is -0.316 e. The Hall–Kier alpha value is -0.120. The molecule has 3 heteroatoms. The van der Waals surface area contributed by atoms with Crippen LogP contribution >= 0.6 is 0 Å². The van der Waals surface area contributed by atoms with Crippen LogP contribution in [0.1, 0.15) is 52.4 Å². The van der Waals surface area contributed by atoms with E-state index in [2.05, 4.69) is 29.4 Å². The smallest absolute Gasteiger partial charge is 0.0166 e. The SMILES string of the molecule is CC(C)(CCNCC1CCCCC1)N1CCNCC1. The van der Waals surface area contributed by atoms with E-state index in [0.29, 0.717) is 5.54 Å². The van der Waals surface area contributed by atoms with Gasteiger partial charge >= 0.3 is 0 Å². The number of rotatable bonds is 6. The van der Waals surface area contributed by atoms with Crippen LogP contribution in [0.15, 0.2) is 0 Å². The highest BCUT2D eigenvalue weighted by Crippen LogP contribution is 2.23. The fourth-order valence-electron chi connectivity index (χ4n) is 3.52. The first-order valence-electron chi connectivity index (χ1n) is 8.35. The zero-order valence-electron chi connectivity index (χ0n) is 13.0. The van der Waals surface area contributed by atoms with Crippen molar-refractivity contribution in [3.63, 3.8) is 0 Å². The summed E-state index contributed by atoms with van der Waals surface area (Å²) in [7, 11) is 0. The van der Waals surface area contributed by atoms with Gasteiger partial charge in [0, 0.05) is 31.7 Å². The highest BCUT2D eigenvalue weighted by Gasteiger charge is 2.27. The van der Waals surface area contributed by atoms with Crippen LogP contribution in [0.25, 0.3) is 0 Å². The van der Waals surface area contributed by atoms with Crippen LogP contribution in [0.2, 0.25) is 0 Å². The topological polar surface area (TPSA) is 27.3 Å². The van der Waals surface area contributed by atoms with Crippen molar-refractivity contribution in [2.75, 3.05) is 39.3 Å². The van der Waals surface area contributed by atoms with Gasteiger partial charge in [-0.15, -0.1) is 0 Å². The molecular weight excluding hydrogens is 234 g/mol. The van der Waals surface area contributed by atoms with Crippen LogP contribution in [0, 0.1) is 5.92 Å². The van der Waals surface area contributed by atoms with E-state index in [1.54, 1.807) is 0 Å². The molecule has 0 atom stereocenters. The average Bonchev–Trinajstić information content (AvgIpc) is 2.46. The zero-order valence-corrected chi connectivity index (χ0v) is 13.0. The van der Waals surface area contributed by atoms with E-state index in [1.807, 2.05) is 0 Å². The second-order valence-corrected chi connectivity index (χ2v) is 7.01. The molecule has 1 saturated carbocycles. The second kappa shape index (κ2) is 7.61. The summed E-state index contributed by atoms with van der Waals surface area (Å²) < 4.78 is 0. The number of hydrogen-bond donors (Lipinski definition) is 2. The van der Waals surface area contributed by atoms with Crippen molar-refractivity contribution in [1.29, 1.82) is 0 Å². The van der Waals surface area contributed by atoms with Crippen LogP contribution in [-0.2, 0) is 0 Å². The number of hydrogen-bond acceptors (Lipinski definition) is 3. The van der Waals surface area contributed by atoms with Gasteiger partial charge in [-0.2, -0.15) is 0 Å². The van der Waals surface area contributed by atoms with E-state index in [-0.39, 0.29) is 0 Å². The third-order valence-electron chi connectivity index (χ3n) is 5.04. The molecule has 0 radical (unpaired) electrons. The number of nitrogens with one attached hydrogen (secondary N) is 2. The van der Waals surface area contributed by atoms with Crippen LogP contribution in [0.3, 0.4) is 0 Å². The van der Waals surface area contributed by atoms with Gasteiger partial charge in [0.05, 0.1) is 0 Å². The molecule has 1 aliphatic carbocycles. The van der Waals surface area contributed by atoms with Crippen molar-refractivity contribution < 1.29 is 0 Å². The molecule has 19 heavy (non-hydrogen) atoms. The lowest BCUT2D eigenvalue weighted by Gasteiger charge is -2.41. The Kier molecular flexibility index (Phi) is 6.11. The van der Waals surface area contributed by atoms with Gasteiger partial charge in [0.25, 0.3) is 0 Å². The largest absolute Gasteiger partial charge is 0.316 e. The Morgan fingerprint density at radius 2 is 1.79 bits per heavy atom. The van der Waals surface area contributed by atoms with Crippen LogP contribution in [0.5, 0.6) is 0 Å². The third-order valence-corrected chi connectivity index (χ3v) is 5.04. The molecule has 0 bridgehead atoms. The summed E-state index contributed by atoms with van der Waals surface area (Å²) in [4.78, 5) is 2.64. The molecule has 112 valence electrons. The molecule has 3 nitrogen and oxygen atoms in total. The van der Waals surface area contributed by atoms with Crippen molar-refractivity contribution >= 4 is 0 Å². The second-order valence-electron chi connectivity index (χ2n) is 7.01. The summed E-state index contributed by atoms with van der Waals surface area (Å²) in [6, 6.07) is 0. The lowest BCUT2D eigenvalue weighted by molar-refractivity contribution is 0.0952.